The third-order valence-electron chi connectivity index (χ3n) is 2.44. The Morgan fingerprint density at radius 3 is 2.68 bits per heavy atom. The molecule has 0 bridgehead atoms. The number of aryl methyl sites for hydroxylation is 1. The van der Waals surface area contributed by atoms with E-state index < -0.39 is 15.4 Å². The summed E-state index contributed by atoms with van der Waals surface area (Å²) in [6, 6.07) is 3.20. The number of aromatic amines is 1. The van der Waals surface area contributed by atoms with Crippen LogP contribution in [0.25, 0.3) is 11.3 Å². The van der Waals surface area contributed by atoms with Gasteiger partial charge in [-0.1, -0.05) is 0 Å². The third kappa shape index (κ3) is 2.57. The van der Waals surface area contributed by atoms with Crippen molar-refractivity contribution in [1.29, 1.82) is 5.26 Å². The lowest BCUT2D eigenvalue weighted by Gasteiger charge is -2.02. The summed E-state index contributed by atoms with van der Waals surface area (Å²) in [5, 5.41) is 10.4. The van der Waals surface area contributed by atoms with E-state index in [4.69, 9.17) is 5.26 Å². The van der Waals surface area contributed by atoms with Crippen LogP contribution in [0.15, 0.2) is 20.6 Å². The Kier molecular flexibility index (Phi) is 3.26. The lowest BCUT2D eigenvalue weighted by molar-refractivity contribution is 0.601. The molecule has 8 heteroatoms. The molecule has 0 spiro atoms. The molecule has 0 aliphatic rings. The van der Waals surface area contributed by atoms with Crippen LogP contribution in [0, 0.1) is 18.3 Å². The summed E-state index contributed by atoms with van der Waals surface area (Å²) in [6.45, 7) is 1.66. The zero-order valence-corrected chi connectivity index (χ0v) is 11.7. The van der Waals surface area contributed by atoms with Crippen molar-refractivity contribution < 1.29 is 8.42 Å². The molecular formula is C11H9N3O3S2. The first-order valence-corrected chi connectivity index (χ1v) is 7.90. The molecule has 0 aromatic carbocycles. The highest BCUT2D eigenvalue weighted by molar-refractivity contribution is 7.92. The molecule has 2 rings (SSSR count). The number of nitrogens with one attached hydrogen (secondary N) is 1. The number of sulfone groups is 1. The SMILES string of the molecule is Cc1[nH]c(=O)c(C#N)cc1-c1csc(S(C)(=O)=O)n1. The molecule has 1 N–H and O–H groups in total. The number of pyridine rings is 1. The normalized spacial score (nSPS) is 11.2. The van der Waals surface area contributed by atoms with Gasteiger partial charge in [-0.05, 0) is 13.0 Å². The Morgan fingerprint density at radius 1 is 1.47 bits per heavy atom. The Balaban J connectivity index is 2.64. The number of H-pyrrole nitrogens is 1. The number of nitriles is 1. The fraction of sp³-hybridized carbons (Fsp3) is 0.182. The average molecular weight is 295 g/mol. The van der Waals surface area contributed by atoms with Crippen LogP contribution < -0.4 is 5.56 Å². The number of nitrogens with zero attached hydrogens (tertiary/aromatic N) is 2. The van der Waals surface area contributed by atoms with Gasteiger partial charge < -0.3 is 4.98 Å². The van der Waals surface area contributed by atoms with Crippen molar-refractivity contribution >= 4 is 21.2 Å². The van der Waals surface area contributed by atoms with Crippen LogP contribution in [0.5, 0.6) is 0 Å². The van der Waals surface area contributed by atoms with Crippen molar-refractivity contribution in [3.05, 3.63) is 33.1 Å². The minimum Gasteiger partial charge on any atom is -0.325 e. The van der Waals surface area contributed by atoms with Gasteiger partial charge in [0.05, 0.1) is 5.69 Å². The van der Waals surface area contributed by atoms with E-state index in [1.54, 1.807) is 18.4 Å². The van der Waals surface area contributed by atoms with Gasteiger partial charge in [0.25, 0.3) is 5.56 Å². The Labute approximate surface area is 113 Å². The fourth-order valence-electron chi connectivity index (χ4n) is 1.52. The van der Waals surface area contributed by atoms with E-state index in [-0.39, 0.29) is 9.90 Å². The minimum atomic E-state index is -3.36. The summed E-state index contributed by atoms with van der Waals surface area (Å²) in [4.78, 5) is 18.0. The minimum absolute atomic E-state index is 0.00612. The second-order valence-electron chi connectivity index (χ2n) is 3.93. The molecule has 0 radical (unpaired) electrons. The number of thiazole rings is 1. The third-order valence-corrected chi connectivity index (χ3v) is 4.99. The van der Waals surface area contributed by atoms with Gasteiger partial charge in [0.2, 0.25) is 14.2 Å². The van der Waals surface area contributed by atoms with E-state index >= 15 is 0 Å². The van der Waals surface area contributed by atoms with Gasteiger partial charge in [0.1, 0.15) is 11.6 Å². The van der Waals surface area contributed by atoms with Crippen LogP contribution in [-0.2, 0) is 9.84 Å². The standard InChI is InChI=1S/C11H9N3O3S2/c1-6-8(3-7(4-12)10(15)13-6)9-5-18-11(14-9)19(2,16)17/h3,5H,1-2H3,(H,13,15). The van der Waals surface area contributed by atoms with E-state index in [0.29, 0.717) is 17.0 Å². The molecule has 19 heavy (non-hydrogen) atoms. The van der Waals surface area contributed by atoms with Gasteiger partial charge in [-0.15, -0.1) is 11.3 Å². The van der Waals surface area contributed by atoms with Gasteiger partial charge in [-0.25, -0.2) is 13.4 Å². The lowest BCUT2D eigenvalue weighted by atomic mass is 10.1. The summed E-state index contributed by atoms with van der Waals surface area (Å²) in [6.07, 6.45) is 1.08. The van der Waals surface area contributed by atoms with Crippen molar-refractivity contribution in [1.82, 2.24) is 9.97 Å². The molecule has 0 fully saturated rings. The summed E-state index contributed by atoms with van der Waals surface area (Å²) in [5.41, 5.74) is 1.00. The monoisotopic (exact) mass is 295 g/mol. The predicted octanol–water partition coefficient (Wildman–Crippen LogP) is 1.08. The largest absolute Gasteiger partial charge is 0.325 e. The molecule has 0 unspecified atom stereocenters. The smallest absolute Gasteiger partial charge is 0.266 e. The molecule has 0 amide bonds. The molecule has 6 nitrogen and oxygen atoms in total. The first-order chi connectivity index (χ1) is 8.82. The van der Waals surface area contributed by atoms with Gasteiger partial charge in [-0.3, -0.25) is 4.79 Å². The molecule has 2 aromatic rings. The zero-order valence-electron chi connectivity index (χ0n) is 10.1. The van der Waals surface area contributed by atoms with Gasteiger partial charge >= 0.3 is 0 Å². The zero-order chi connectivity index (χ0) is 14.2. The van der Waals surface area contributed by atoms with Crippen molar-refractivity contribution in [2.24, 2.45) is 0 Å². The fourth-order valence-corrected chi connectivity index (χ4v) is 3.17. The highest BCUT2D eigenvalue weighted by Gasteiger charge is 2.15. The maximum absolute atomic E-state index is 11.4. The van der Waals surface area contributed by atoms with Crippen LogP contribution in [0.2, 0.25) is 0 Å². The van der Waals surface area contributed by atoms with E-state index in [0.717, 1.165) is 17.6 Å². The van der Waals surface area contributed by atoms with Crippen LogP contribution in [0.3, 0.4) is 0 Å². The molecule has 0 aliphatic carbocycles. The first-order valence-electron chi connectivity index (χ1n) is 5.13. The van der Waals surface area contributed by atoms with E-state index in [1.165, 1.54) is 6.07 Å². The Hall–Kier alpha value is -1.98. The molecule has 0 atom stereocenters. The lowest BCUT2D eigenvalue weighted by Crippen LogP contribution is -2.12. The number of hydrogen-bond donors (Lipinski definition) is 1. The van der Waals surface area contributed by atoms with Crippen LogP contribution in [0.4, 0.5) is 0 Å². The highest BCUT2D eigenvalue weighted by atomic mass is 32.2. The van der Waals surface area contributed by atoms with E-state index in [9.17, 15) is 13.2 Å². The van der Waals surface area contributed by atoms with Gasteiger partial charge in [0, 0.05) is 22.9 Å². The number of aromatic nitrogens is 2. The molecule has 0 aliphatic heterocycles. The number of rotatable bonds is 2. The predicted molar refractivity (Wildman–Crippen MR) is 70.7 cm³/mol. The van der Waals surface area contributed by atoms with Gasteiger partial charge in [-0.2, -0.15) is 5.26 Å². The molecule has 0 saturated carbocycles. The highest BCUT2D eigenvalue weighted by Crippen LogP contribution is 2.26. The molecule has 2 heterocycles. The maximum atomic E-state index is 11.4. The topological polar surface area (TPSA) is 104 Å². The molecule has 0 saturated heterocycles. The second-order valence-corrected chi connectivity index (χ2v) is 6.98. The summed E-state index contributed by atoms with van der Waals surface area (Å²) < 4.78 is 22.8. The van der Waals surface area contributed by atoms with Crippen LogP contribution >= 0.6 is 11.3 Å². The van der Waals surface area contributed by atoms with Crippen molar-refractivity contribution in [3.8, 4) is 17.3 Å². The number of hydrogen-bond acceptors (Lipinski definition) is 6. The van der Waals surface area contributed by atoms with Crippen molar-refractivity contribution in [2.45, 2.75) is 11.3 Å². The Morgan fingerprint density at radius 2 is 2.16 bits per heavy atom. The van der Waals surface area contributed by atoms with Crippen LogP contribution in [0.1, 0.15) is 11.3 Å². The summed E-state index contributed by atoms with van der Waals surface area (Å²) >= 11 is 1.00. The summed E-state index contributed by atoms with van der Waals surface area (Å²) in [5.74, 6) is 0. The second kappa shape index (κ2) is 4.60. The van der Waals surface area contributed by atoms with Crippen LogP contribution in [-0.4, -0.2) is 24.6 Å². The van der Waals surface area contributed by atoms with Gasteiger partial charge in [0.15, 0.2) is 0 Å². The van der Waals surface area contributed by atoms with Crippen molar-refractivity contribution in [3.63, 3.8) is 0 Å². The van der Waals surface area contributed by atoms with Crippen molar-refractivity contribution in [2.75, 3.05) is 6.26 Å². The Bertz CT molecular complexity index is 841. The van der Waals surface area contributed by atoms with E-state index in [2.05, 4.69) is 9.97 Å². The van der Waals surface area contributed by atoms with E-state index in [1.807, 2.05) is 0 Å². The molecule has 98 valence electrons. The maximum Gasteiger partial charge on any atom is 0.266 e. The molecule has 2 aromatic heterocycles. The average Bonchev–Trinajstić information content (AvgIpc) is 2.78. The molecular weight excluding hydrogens is 286 g/mol. The summed E-state index contributed by atoms with van der Waals surface area (Å²) in [7, 11) is -3.36. The quantitative estimate of drug-likeness (QED) is 0.892. The first kappa shape index (κ1) is 13.5.